The lowest BCUT2D eigenvalue weighted by molar-refractivity contribution is -0.121. The maximum Gasteiger partial charge on any atom is 0.261 e. The predicted octanol–water partition coefficient (Wildman–Crippen LogP) is 1.87. The third-order valence-electron chi connectivity index (χ3n) is 4.71. The van der Waals surface area contributed by atoms with Gasteiger partial charge in [-0.05, 0) is 11.1 Å². The van der Waals surface area contributed by atoms with E-state index in [9.17, 15) is 4.79 Å². The third-order valence-corrected chi connectivity index (χ3v) is 4.71. The van der Waals surface area contributed by atoms with E-state index in [0.717, 1.165) is 16.7 Å². The molecule has 0 spiro atoms. The van der Waals surface area contributed by atoms with Crippen molar-refractivity contribution in [3.05, 3.63) is 60.4 Å². The molecule has 1 atom stereocenters. The van der Waals surface area contributed by atoms with Crippen molar-refractivity contribution in [2.75, 3.05) is 12.8 Å². The molecule has 4 rings (SSSR count). The van der Waals surface area contributed by atoms with Crippen LogP contribution in [0.4, 0.5) is 5.95 Å². The summed E-state index contributed by atoms with van der Waals surface area (Å²) in [6.45, 7) is 2.13. The van der Waals surface area contributed by atoms with Crippen molar-refractivity contribution in [3.63, 3.8) is 0 Å². The van der Waals surface area contributed by atoms with Gasteiger partial charge in [0.15, 0.2) is 5.82 Å². The zero-order valence-electron chi connectivity index (χ0n) is 16.5. The summed E-state index contributed by atoms with van der Waals surface area (Å²) < 4.78 is 6.91. The van der Waals surface area contributed by atoms with E-state index in [0.29, 0.717) is 17.3 Å². The lowest BCUT2D eigenvalue weighted by Crippen LogP contribution is -2.23. The Kier molecular flexibility index (Phi) is 5.21. The highest BCUT2D eigenvalue weighted by atomic mass is 16.5. The molecule has 0 bridgehead atoms. The largest absolute Gasteiger partial charge is 0.368 e. The molecule has 30 heavy (non-hydrogen) atoms. The number of nitrogen functional groups attached to an aromatic ring is 1. The summed E-state index contributed by atoms with van der Waals surface area (Å²) in [4.78, 5) is 24.0. The molecular formula is C20H20N8O2. The normalized spacial score (nSPS) is 11.9. The van der Waals surface area contributed by atoms with Crippen LogP contribution in [0, 0.1) is 0 Å². The van der Waals surface area contributed by atoms with Gasteiger partial charge in [0.25, 0.3) is 5.89 Å². The number of rotatable bonds is 6. The first-order valence-corrected chi connectivity index (χ1v) is 9.28. The quantitative estimate of drug-likeness (QED) is 0.497. The van der Waals surface area contributed by atoms with E-state index in [1.807, 2.05) is 31.2 Å². The Balaban J connectivity index is 1.49. The van der Waals surface area contributed by atoms with Crippen molar-refractivity contribution in [2.45, 2.75) is 19.4 Å². The van der Waals surface area contributed by atoms with Crippen molar-refractivity contribution >= 4 is 11.9 Å². The van der Waals surface area contributed by atoms with E-state index >= 15 is 0 Å². The van der Waals surface area contributed by atoms with Gasteiger partial charge in [-0.15, -0.1) is 0 Å². The highest BCUT2D eigenvalue weighted by Gasteiger charge is 2.18. The zero-order chi connectivity index (χ0) is 21.1. The highest BCUT2D eigenvalue weighted by Crippen LogP contribution is 2.27. The van der Waals surface area contributed by atoms with Crippen LogP contribution in [-0.4, -0.2) is 42.8 Å². The number of anilines is 1. The number of hydrogen-bond acceptors (Lipinski definition) is 8. The monoisotopic (exact) mass is 404 g/mol. The summed E-state index contributed by atoms with van der Waals surface area (Å²) in [7, 11) is 1.58. The van der Waals surface area contributed by atoms with Crippen molar-refractivity contribution < 1.29 is 9.32 Å². The fraction of sp³-hybridized carbons (Fsp3) is 0.200. The standard InChI is InChI=1S/C20H20N8O2/c1-12(13-3-5-14(6-4-13)15-7-23-20(21)24-8-15)18-26-19(30-27-18)16-9-25-28(10-16)11-17(29)22-2/h3-10,12H,11H2,1-2H3,(H,22,29)(H2,21,23,24). The van der Waals surface area contributed by atoms with Crippen LogP contribution < -0.4 is 11.1 Å². The molecule has 3 aromatic heterocycles. The second-order valence-electron chi connectivity index (χ2n) is 6.73. The van der Waals surface area contributed by atoms with Crippen LogP contribution in [0.5, 0.6) is 0 Å². The number of likely N-dealkylation sites (N-methyl/N-ethyl adjacent to an activating group) is 1. The van der Waals surface area contributed by atoms with Gasteiger partial charge in [0.05, 0.1) is 11.8 Å². The van der Waals surface area contributed by atoms with Gasteiger partial charge in [0.2, 0.25) is 11.9 Å². The fourth-order valence-corrected chi connectivity index (χ4v) is 2.92. The number of hydrogen-bond donors (Lipinski definition) is 2. The van der Waals surface area contributed by atoms with Crippen molar-refractivity contribution in [1.82, 2.24) is 35.2 Å². The number of aromatic nitrogens is 6. The van der Waals surface area contributed by atoms with Gasteiger partial charge in [-0.1, -0.05) is 36.3 Å². The minimum absolute atomic E-state index is 0.0693. The minimum atomic E-state index is -0.140. The number of benzene rings is 1. The van der Waals surface area contributed by atoms with Crippen LogP contribution in [0.15, 0.2) is 53.6 Å². The number of carbonyl (C=O) groups excluding carboxylic acids is 1. The molecule has 10 nitrogen and oxygen atoms in total. The molecule has 0 aliphatic heterocycles. The molecule has 152 valence electrons. The summed E-state index contributed by atoms with van der Waals surface area (Å²) in [5.74, 6) is 0.956. The average molecular weight is 404 g/mol. The molecule has 0 saturated heterocycles. The topological polar surface area (TPSA) is 138 Å². The number of carbonyl (C=O) groups is 1. The van der Waals surface area contributed by atoms with E-state index in [2.05, 4.69) is 30.5 Å². The van der Waals surface area contributed by atoms with Gasteiger partial charge >= 0.3 is 0 Å². The maximum atomic E-state index is 11.5. The average Bonchev–Trinajstić information content (AvgIpc) is 3.43. The Morgan fingerprint density at radius 2 is 1.87 bits per heavy atom. The zero-order valence-corrected chi connectivity index (χ0v) is 16.5. The summed E-state index contributed by atoms with van der Waals surface area (Å²) in [6, 6.07) is 8.00. The molecule has 10 heteroatoms. The smallest absolute Gasteiger partial charge is 0.261 e. The molecule has 0 aliphatic rings. The third kappa shape index (κ3) is 4.02. The van der Waals surface area contributed by atoms with Crippen molar-refractivity contribution in [3.8, 4) is 22.6 Å². The molecule has 3 heterocycles. The second-order valence-corrected chi connectivity index (χ2v) is 6.73. The molecule has 0 saturated carbocycles. The van der Waals surface area contributed by atoms with Crippen LogP contribution in [-0.2, 0) is 11.3 Å². The van der Waals surface area contributed by atoms with Crippen LogP contribution in [0.25, 0.3) is 22.6 Å². The van der Waals surface area contributed by atoms with E-state index in [-0.39, 0.29) is 24.3 Å². The first-order chi connectivity index (χ1) is 14.5. The van der Waals surface area contributed by atoms with E-state index in [1.54, 1.807) is 31.8 Å². The van der Waals surface area contributed by atoms with Crippen LogP contribution >= 0.6 is 0 Å². The van der Waals surface area contributed by atoms with E-state index in [4.69, 9.17) is 10.3 Å². The molecule has 0 radical (unpaired) electrons. The number of nitrogens with two attached hydrogens (primary N) is 1. The first-order valence-electron chi connectivity index (χ1n) is 9.28. The van der Waals surface area contributed by atoms with Gasteiger partial charge in [0.1, 0.15) is 6.54 Å². The molecule has 1 amide bonds. The van der Waals surface area contributed by atoms with Gasteiger partial charge in [-0.2, -0.15) is 10.1 Å². The van der Waals surface area contributed by atoms with Gasteiger partial charge in [-0.25, -0.2) is 9.97 Å². The predicted molar refractivity (Wildman–Crippen MR) is 109 cm³/mol. The van der Waals surface area contributed by atoms with Gasteiger partial charge in [-0.3, -0.25) is 9.48 Å². The molecule has 1 aromatic carbocycles. The number of amides is 1. The Morgan fingerprint density at radius 3 is 2.57 bits per heavy atom. The molecule has 4 aromatic rings. The van der Waals surface area contributed by atoms with Crippen LogP contribution in [0.3, 0.4) is 0 Å². The molecule has 0 fully saturated rings. The Morgan fingerprint density at radius 1 is 1.13 bits per heavy atom. The summed E-state index contributed by atoms with van der Waals surface area (Å²) in [5, 5.41) is 10.8. The Hall–Kier alpha value is -4.08. The van der Waals surface area contributed by atoms with Gasteiger partial charge < -0.3 is 15.6 Å². The first kappa shape index (κ1) is 19.2. The van der Waals surface area contributed by atoms with E-state index < -0.39 is 0 Å². The summed E-state index contributed by atoms with van der Waals surface area (Å²) in [5.41, 5.74) is 9.11. The Labute approximate surface area is 172 Å². The van der Waals surface area contributed by atoms with Crippen LogP contribution in [0.1, 0.15) is 24.2 Å². The molecule has 3 N–H and O–H groups in total. The summed E-state index contributed by atoms with van der Waals surface area (Å²) >= 11 is 0. The number of nitrogens with one attached hydrogen (secondary N) is 1. The maximum absolute atomic E-state index is 11.5. The van der Waals surface area contributed by atoms with Gasteiger partial charge in [0, 0.05) is 37.1 Å². The van der Waals surface area contributed by atoms with E-state index in [1.165, 1.54) is 4.68 Å². The SMILES string of the molecule is CNC(=O)Cn1cc(-c2nc(C(C)c3ccc(-c4cnc(N)nc4)cc3)no2)cn1. The summed E-state index contributed by atoms with van der Waals surface area (Å²) in [6.07, 6.45) is 6.67. The highest BCUT2D eigenvalue weighted by molar-refractivity contribution is 5.75. The van der Waals surface area contributed by atoms with Crippen molar-refractivity contribution in [1.29, 1.82) is 0 Å². The van der Waals surface area contributed by atoms with Crippen LogP contribution in [0.2, 0.25) is 0 Å². The second kappa shape index (κ2) is 8.11. The molecule has 1 unspecified atom stereocenters. The van der Waals surface area contributed by atoms with Crippen molar-refractivity contribution in [2.24, 2.45) is 0 Å². The lowest BCUT2D eigenvalue weighted by Gasteiger charge is -2.08. The number of nitrogens with zero attached hydrogens (tertiary/aromatic N) is 6. The fourth-order valence-electron chi connectivity index (χ4n) is 2.92. The molecular weight excluding hydrogens is 384 g/mol. The molecule has 0 aliphatic carbocycles. The lowest BCUT2D eigenvalue weighted by atomic mass is 9.98. The Bertz CT molecular complexity index is 1150. The minimum Gasteiger partial charge on any atom is -0.368 e.